The summed E-state index contributed by atoms with van der Waals surface area (Å²) < 4.78 is 10.8. The van der Waals surface area contributed by atoms with Crippen molar-refractivity contribution in [1.29, 1.82) is 0 Å². The van der Waals surface area contributed by atoms with E-state index in [1.54, 1.807) is 16.8 Å². The quantitative estimate of drug-likeness (QED) is 0.770. The minimum Gasteiger partial charge on any atom is -0.469 e. The van der Waals surface area contributed by atoms with E-state index in [1.807, 2.05) is 0 Å². The van der Waals surface area contributed by atoms with Gasteiger partial charge in [-0.25, -0.2) is 4.79 Å². The Morgan fingerprint density at radius 2 is 2.06 bits per heavy atom. The number of ether oxygens (including phenoxy) is 2. The molecule has 0 saturated heterocycles. The molecule has 2 N–H and O–H groups in total. The third kappa shape index (κ3) is 3.51. The van der Waals surface area contributed by atoms with E-state index >= 15 is 0 Å². The smallest absolute Gasteiger partial charge is 0.354 e. The van der Waals surface area contributed by atoms with Gasteiger partial charge in [-0.05, 0) is 12.5 Å². The largest absolute Gasteiger partial charge is 0.469 e. The Hall–Kier alpha value is -1.98. The zero-order valence-corrected chi connectivity index (χ0v) is 9.93. The van der Waals surface area contributed by atoms with Crippen LogP contribution in [0.2, 0.25) is 0 Å². The van der Waals surface area contributed by atoms with Crippen LogP contribution in [0.3, 0.4) is 0 Å². The second-order valence-electron chi connectivity index (χ2n) is 3.52. The van der Waals surface area contributed by atoms with Gasteiger partial charge in [0.1, 0.15) is 5.69 Å². The SMILES string of the molecule is COC(=O)CCCn1cc(N)cc1C(=O)OC. The summed E-state index contributed by atoms with van der Waals surface area (Å²) in [5.74, 6) is -0.718. The van der Waals surface area contributed by atoms with Gasteiger partial charge in [0.15, 0.2) is 0 Å². The number of aromatic nitrogens is 1. The van der Waals surface area contributed by atoms with E-state index < -0.39 is 5.97 Å². The number of nitrogens with zero attached hydrogens (tertiary/aromatic N) is 1. The summed E-state index contributed by atoms with van der Waals surface area (Å²) >= 11 is 0. The number of nitrogens with two attached hydrogens (primary N) is 1. The van der Waals surface area contributed by atoms with Crippen LogP contribution in [-0.4, -0.2) is 30.7 Å². The van der Waals surface area contributed by atoms with Crippen LogP contribution in [0.5, 0.6) is 0 Å². The lowest BCUT2D eigenvalue weighted by molar-refractivity contribution is -0.140. The molecule has 0 saturated carbocycles. The van der Waals surface area contributed by atoms with Crippen molar-refractivity contribution in [3.8, 4) is 0 Å². The minimum atomic E-state index is -0.445. The molecule has 0 radical (unpaired) electrons. The van der Waals surface area contributed by atoms with E-state index in [4.69, 9.17) is 5.73 Å². The van der Waals surface area contributed by atoms with E-state index in [0.29, 0.717) is 30.8 Å². The Bertz CT molecular complexity index is 412. The first-order valence-corrected chi connectivity index (χ1v) is 5.19. The molecule has 0 aliphatic rings. The summed E-state index contributed by atoms with van der Waals surface area (Å²) in [6.45, 7) is 0.511. The molecule has 1 aromatic rings. The van der Waals surface area contributed by atoms with Crippen molar-refractivity contribution in [2.45, 2.75) is 19.4 Å². The summed E-state index contributed by atoms with van der Waals surface area (Å²) in [7, 11) is 2.65. The van der Waals surface area contributed by atoms with Gasteiger partial charge in [-0.1, -0.05) is 0 Å². The van der Waals surface area contributed by atoms with Crippen LogP contribution in [0.1, 0.15) is 23.3 Å². The molecule has 6 heteroatoms. The topological polar surface area (TPSA) is 83.5 Å². The first kappa shape index (κ1) is 13.1. The molecule has 0 aromatic carbocycles. The van der Waals surface area contributed by atoms with E-state index in [-0.39, 0.29) is 5.97 Å². The fourth-order valence-corrected chi connectivity index (χ4v) is 1.49. The second kappa shape index (κ2) is 5.93. The molecule has 1 heterocycles. The number of rotatable bonds is 5. The highest BCUT2D eigenvalue weighted by Crippen LogP contribution is 2.13. The van der Waals surface area contributed by atoms with Crippen molar-refractivity contribution in [2.75, 3.05) is 20.0 Å². The monoisotopic (exact) mass is 240 g/mol. The molecule has 0 aliphatic heterocycles. The van der Waals surface area contributed by atoms with Gasteiger partial charge in [0, 0.05) is 19.2 Å². The second-order valence-corrected chi connectivity index (χ2v) is 3.52. The molecule has 1 rings (SSSR count). The first-order valence-electron chi connectivity index (χ1n) is 5.19. The van der Waals surface area contributed by atoms with Crippen molar-refractivity contribution < 1.29 is 19.1 Å². The zero-order valence-electron chi connectivity index (χ0n) is 9.93. The number of anilines is 1. The number of carbonyl (C=O) groups excluding carboxylic acids is 2. The molecular formula is C11H16N2O4. The first-order chi connectivity index (χ1) is 8.08. The van der Waals surface area contributed by atoms with E-state index in [9.17, 15) is 9.59 Å². The van der Waals surface area contributed by atoms with Crippen LogP contribution in [0.15, 0.2) is 12.3 Å². The molecular weight excluding hydrogens is 224 g/mol. The van der Waals surface area contributed by atoms with Gasteiger partial charge in [-0.2, -0.15) is 0 Å². The third-order valence-electron chi connectivity index (χ3n) is 2.32. The number of nitrogen functional groups attached to an aromatic ring is 1. The van der Waals surface area contributed by atoms with Crippen molar-refractivity contribution in [3.63, 3.8) is 0 Å². The molecule has 17 heavy (non-hydrogen) atoms. The van der Waals surface area contributed by atoms with Crippen molar-refractivity contribution in [3.05, 3.63) is 18.0 Å². The standard InChI is InChI=1S/C11H16N2O4/c1-16-10(14)4-3-5-13-7-8(12)6-9(13)11(15)17-2/h6-7H,3-5,12H2,1-2H3. The molecule has 6 nitrogen and oxygen atoms in total. The predicted octanol–water partition coefficient (Wildman–Crippen LogP) is 0.810. The fourth-order valence-electron chi connectivity index (χ4n) is 1.49. The van der Waals surface area contributed by atoms with Gasteiger partial charge >= 0.3 is 11.9 Å². The number of carbonyl (C=O) groups is 2. The molecule has 0 unspecified atom stereocenters. The summed E-state index contributed by atoms with van der Waals surface area (Å²) in [5.41, 5.74) is 6.48. The number of esters is 2. The molecule has 0 aliphatic carbocycles. The van der Waals surface area contributed by atoms with Gasteiger partial charge in [0.2, 0.25) is 0 Å². The summed E-state index contributed by atoms with van der Waals surface area (Å²) in [4.78, 5) is 22.3. The average Bonchev–Trinajstić information content (AvgIpc) is 2.69. The Morgan fingerprint density at radius 1 is 1.35 bits per heavy atom. The normalized spacial score (nSPS) is 10.0. The fraction of sp³-hybridized carbons (Fsp3) is 0.455. The highest BCUT2D eigenvalue weighted by Gasteiger charge is 2.13. The molecule has 1 aromatic heterocycles. The molecule has 0 spiro atoms. The van der Waals surface area contributed by atoms with E-state index in [2.05, 4.69) is 9.47 Å². The lowest BCUT2D eigenvalue weighted by Gasteiger charge is -2.06. The number of aryl methyl sites for hydroxylation is 1. The van der Waals surface area contributed by atoms with Gasteiger partial charge < -0.3 is 19.8 Å². The number of methoxy groups -OCH3 is 2. The summed E-state index contributed by atoms with van der Waals surface area (Å²) in [6, 6.07) is 1.55. The van der Waals surface area contributed by atoms with E-state index in [0.717, 1.165) is 0 Å². The Balaban J connectivity index is 2.64. The lowest BCUT2D eigenvalue weighted by Crippen LogP contribution is -2.11. The predicted molar refractivity (Wildman–Crippen MR) is 61.4 cm³/mol. The highest BCUT2D eigenvalue weighted by atomic mass is 16.5. The zero-order chi connectivity index (χ0) is 12.8. The van der Waals surface area contributed by atoms with Crippen LogP contribution in [0, 0.1) is 0 Å². The van der Waals surface area contributed by atoms with Crippen molar-refractivity contribution in [2.24, 2.45) is 0 Å². The van der Waals surface area contributed by atoms with Gasteiger partial charge in [0.05, 0.1) is 19.9 Å². The molecule has 0 atom stereocenters. The molecule has 0 bridgehead atoms. The maximum Gasteiger partial charge on any atom is 0.354 e. The van der Waals surface area contributed by atoms with Crippen LogP contribution in [0.25, 0.3) is 0 Å². The molecule has 0 fully saturated rings. The number of hydrogen-bond acceptors (Lipinski definition) is 5. The maximum absolute atomic E-state index is 11.4. The van der Waals surface area contributed by atoms with E-state index in [1.165, 1.54) is 14.2 Å². The maximum atomic E-state index is 11.4. The number of hydrogen-bond donors (Lipinski definition) is 1. The minimum absolute atomic E-state index is 0.273. The van der Waals surface area contributed by atoms with Gasteiger partial charge in [-0.15, -0.1) is 0 Å². The molecule has 94 valence electrons. The third-order valence-corrected chi connectivity index (χ3v) is 2.32. The average molecular weight is 240 g/mol. The Kier molecular flexibility index (Phi) is 4.56. The van der Waals surface area contributed by atoms with Crippen LogP contribution in [0.4, 0.5) is 5.69 Å². The summed E-state index contributed by atoms with van der Waals surface area (Å²) in [6.07, 6.45) is 2.52. The van der Waals surface area contributed by atoms with Crippen LogP contribution in [-0.2, 0) is 20.8 Å². The Morgan fingerprint density at radius 3 is 2.65 bits per heavy atom. The van der Waals surface area contributed by atoms with Crippen LogP contribution < -0.4 is 5.73 Å². The lowest BCUT2D eigenvalue weighted by atomic mass is 10.3. The Labute approximate surface area is 99.3 Å². The van der Waals surface area contributed by atoms with Gasteiger partial charge in [-0.3, -0.25) is 4.79 Å². The van der Waals surface area contributed by atoms with Crippen molar-refractivity contribution >= 4 is 17.6 Å². The van der Waals surface area contributed by atoms with Crippen LogP contribution >= 0.6 is 0 Å². The van der Waals surface area contributed by atoms with Crippen molar-refractivity contribution in [1.82, 2.24) is 4.57 Å². The highest BCUT2D eigenvalue weighted by molar-refractivity contribution is 5.88. The summed E-state index contributed by atoms with van der Waals surface area (Å²) in [5, 5.41) is 0. The molecule has 0 amide bonds. The van der Waals surface area contributed by atoms with Gasteiger partial charge in [0.25, 0.3) is 0 Å².